The minimum Gasteiger partial charge on any atom is -0.490 e. The maximum atomic E-state index is 6.36. The monoisotopic (exact) mass is 470 g/mol. The lowest BCUT2D eigenvalue weighted by Crippen LogP contribution is -2.06. The minimum absolute atomic E-state index is 0.590. The first-order valence-electron chi connectivity index (χ1n) is 12.5. The number of benzene rings is 3. The van der Waals surface area contributed by atoms with E-state index in [4.69, 9.17) is 24.2 Å². The molecule has 0 atom stereocenters. The summed E-state index contributed by atoms with van der Waals surface area (Å²) in [6, 6.07) is 18.3. The van der Waals surface area contributed by atoms with Gasteiger partial charge in [-0.25, -0.2) is 0 Å². The van der Waals surface area contributed by atoms with Crippen LogP contribution < -0.4 is 14.2 Å². The number of aliphatic imine (C=N–C) groups is 1. The molecule has 0 saturated heterocycles. The molecule has 0 fully saturated rings. The highest BCUT2D eigenvalue weighted by Gasteiger charge is 2.21. The maximum absolute atomic E-state index is 6.36. The first-order valence-corrected chi connectivity index (χ1v) is 12.5. The van der Waals surface area contributed by atoms with Gasteiger partial charge in [-0.05, 0) is 61.9 Å². The molecule has 0 aliphatic heterocycles. The highest BCUT2D eigenvalue weighted by Crippen LogP contribution is 2.47. The van der Waals surface area contributed by atoms with Crippen molar-refractivity contribution in [1.29, 1.82) is 0 Å². The Balaban J connectivity index is 2.00. The van der Waals surface area contributed by atoms with Crippen molar-refractivity contribution in [3.63, 3.8) is 0 Å². The van der Waals surface area contributed by atoms with Crippen LogP contribution in [0.25, 0.3) is 21.7 Å². The predicted molar refractivity (Wildman–Crippen MR) is 145 cm³/mol. The Morgan fingerprint density at radius 2 is 1.49 bits per heavy atom. The molecule has 0 N–H and O–H groups in total. The third-order valence-corrected chi connectivity index (χ3v) is 5.59. The fourth-order valence-electron chi connectivity index (χ4n) is 4.00. The summed E-state index contributed by atoms with van der Waals surface area (Å²) in [4.78, 5) is 9.62. The number of aryl methyl sites for hydroxylation is 1. The van der Waals surface area contributed by atoms with Crippen molar-refractivity contribution in [2.75, 3.05) is 19.8 Å². The average molecular weight is 471 g/mol. The number of fused-ring (bicyclic) bond motifs is 3. The van der Waals surface area contributed by atoms with Gasteiger partial charge in [0.15, 0.2) is 11.5 Å². The summed E-state index contributed by atoms with van der Waals surface area (Å²) in [7, 11) is 0. The maximum Gasteiger partial charge on any atom is 0.204 e. The van der Waals surface area contributed by atoms with Gasteiger partial charge in [-0.3, -0.25) is 9.98 Å². The van der Waals surface area contributed by atoms with Gasteiger partial charge in [-0.15, -0.1) is 0 Å². The van der Waals surface area contributed by atoms with E-state index in [0.29, 0.717) is 31.3 Å². The molecule has 5 nitrogen and oxygen atoms in total. The molecule has 35 heavy (non-hydrogen) atoms. The van der Waals surface area contributed by atoms with Gasteiger partial charge in [-0.1, -0.05) is 45.0 Å². The zero-order valence-electron chi connectivity index (χ0n) is 21.1. The topological polar surface area (TPSA) is 52.9 Å². The Hall–Kier alpha value is -3.60. The first-order chi connectivity index (χ1) is 17.2. The lowest BCUT2D eigenvalue weighted by molar-refractivity contribution is 0.245. The number of para-hydroxylation sites is 1. The summed E-state index contributed by atoms with van der Waals surface area (Å²) < 4.78 is 18.7. The van der Waals surface area contributed by atoms with Crippen molar-refractivity contribution in [1.82, 2.24) is 4.98 Å². The average Bonchev–Trinajstić information content (AvgIpc) is 2.88. The molecule has 0 unspecified atom stereocenters. The van der Waals surface area contributed by atoms with Crippen LogP contribution in [0, 0.1) is 6.92 Å². The van der Waals surface area contributed by atoms with E-state index < -0.39 is 0 Å². The van der Waals surface area contributed by atoms with E-state index in [1.54, 1.807) is 0 Å². The van der Waals surface area contributed by atoms with Crippen molar-refractivity contribution < 1.29 is 14.2 Å². The van der Waals surface area contributed by atoms with Gasteiger partial charge < -0.3 is 14.2 Å². The molecule has 0 bridgehead atoms. The highest BCUT2D eigenvalue weighted by atomic mass is 16.5. The Labute approximate surface area is 207 Å². The van der Waals surface area contributed by atoms with Crippen LogP contribution in [0.3, 0.4) is 0 Å². The van der Waals surface area contributed by atoms with Crippen molar-refractivity contribution in [3.05, 3.63) is 65.9 Å². The first kappa shape index (κ1) is 24.5. The van der Waals surface area contributed by atoms with Crippen LogP contribution >= 0.6 is 0 Å². The summed E-state index contributed by atoms with van der Waals surface area (Å²) in [5.41, 5.74) is 3.69. The van der Waals surface area contributed by atoms with E-state index >= 15 is 0 Å². The van der Waals surface area contributed by atoms with Gasteiger partial charge >= 0.3 is 0 Å². The van der Waals surface area contributed by atoms with Crippen LogP contribution in [0.15, 0.2) is 59.6 Å². The third-order valence-electron chi connectivity index (χ3n) is 5.59. The quantitative estimate of drug-likeness (QED) is 0.166. The van der Waals surface area contributed by atoms with Crippen LogP contribution in [0.5, 0.6) is 17.2 Å². The summed E-state index contributed by atoms with van der Waals surface area (Å²) in [5, 5.41) is 3.02. The van der Waals surface area contributed by atoms with E-state index in [1.165, 1.54) is 0 Å². The Kier molecular flexibility index (Phi) is 8.19. The smallest absolute Gasteiger partial charge is 0.204 e. The number of hydrogen-bond acceptors (Lipinski definition) is 5. The molecule has 182 valence electrons. The zero-order chi connectivity index (χ0) is 24.6. The Morgan fingerprint density at radius 1 is 0.800 bits per heavy atom. The molecule has 0 amide bonds. The molecule has 0 aliphatic rings. The van der Waals surface area contributed by atoms with E-state index in [9.17, 15) is 0 Å². The van der Waals surface area contributed by atoms with Gasteiger partial charge in [-0.2, -0.15) is 0 Å². The van der Waals surface area contributed by atoms with Gasteiger partial charge in [0, 0.05) is 28.2 Å². The molecule has 0 spiro atoms. The molecule has 0 saturated carbocycles. The van der Waals surface area contributed by atoms with Crippen LogP contribution in [0.4, 0.5) is 5.69 Å². The van der Waals surface area contributed by atoms with Gasteiger partial charge in [0.2, 0.25) is 5.75 Å². The molecule has 4 rings (SSSR count). The van der Waals surface area contributed by atoms with Crippen LogP contribution in [-0.4, -0.2) is 31.0 Å². The molecule has 1 heterocycles. The molecular weight excluding hydrogens is 436 g/mol. The van der Waals surface area contributed by atoms with Crippen LogP contribution in [0.1, 0.15) is 51.3 Å². The second-order valence-corrected chi connectivity index (χ2v) is 8.58. The second kappa shape index (κ2) is 11.7. The van der Waals surface area contributed by atoms with E-state index in [2.05, 4.69) is 39.0 Å². The van der Waals surface area contributed by atoms with Crippen LogP contribution in [0.2, 0.25) is 0 Å². The molecule has 3 aromatic carbocycles. The van der Waals surface area contributed by atoms with E-state index in [1.807, 2.05) is 49.5 Å². The molecule has 1 aromatic heterocycles. The molecule has 0 aliphatic carbocycles. The minimum atomic E-state index is 0.590. The molecule has 0 radical (unpaired) electrons. The Morgan fingerprint density at radius 3 is 2.20 bits per heavy atom. The lowest BCUT2D eigenvalue weighted by Gasteiger charge is -2.20. The van der Waals surface area contributed by atoms with Gasteiger partial charge in [0.1, 0.15) is 0 Å². The van der Waals surface area contributed by atoms with Crippen molar-refractivity contribution in [3.8, 4) is 17.2 Å². The second-order valence-electron chi connectivity index (χ2n) is 8.58. The number of aromatic nitrogens is 1. The molecular formula is C30H34N2O3. The Bertz CT molecular complexity index is 1320. The van der Waals surface area contributed by atoms with E-state index in [0.717, 1.165) is 63.6 Å². The summed E-state index contributed by atoms with van der Waals surface area (Å²) in [6.07, 6.45) is 4.59. The van der Waals surface area contributed by atoms with Crippen LogP contribution in [-0.2, 0) is 0 Å². The summed E-state index contributed by atoms with van der Waals surface area (Å²) in [6.45, 7) is 10.1. The summed E-state index contributed by atoms with van der Waals surface area (Å²) in [5.74, 6) is 2.12. The fourth-order valence-corrected chi connectivity index (χ4v) is 4.00. The van der Waals surface area contributed by atoms with E-state index in [-0.39, 0.29) is 0 Å². The largest absolute Gasteiger partial charge is 0.490 e. The zero-order valence-corrected chi connectivity index (χ0v) is 21.1. The number of rotatable bonds is 11. The fraction of sp³-hybridized carbons (Fsp3) is 0.333. The number of nitrogens with zero attached hydrogens (tertiary/aromatic N) is 2. The lowest BCUT2D eigenvalue weighted by atomic mass is 9.99. The molecule has 5 heteroatoms. The van der Waals surface area contributed by atoms with Gasteiger partial charge in [0.05, 0.1) is 31.0 Å². The standard InChI is InChI=1S/C30H34N2O3/c1-5-15-33-26-19-22-18-23(20-31-24-11-9-8-10-12-24)28-25(14-13-21(4)32-28)27(22)30(35-17-7-3)29(26)34-16-6-2/h8-14,18-20H,5-7,15-17H2,1-4H3. The number of hydrogen-bond donors (Lipinski definition) is 0. The van der Waals surface area contributed by atoms with Crippen molar-refractivity contribution >= 4 is 33.6 Å². The SMILES string of the molecule is CCCOc1cc2cc(C=Nc3ccccc3)c3nc(C)ccc3c2c(OCCC)c1OCCC. The number of ether oxygens (including phenoxy) is 3. The van der Waals surface area contributed by atoms with Gasteiger partial charge in [0.25, 0.3) is 0 Å². The third kappa shape index (κ3) is 5.56. The summed E-state index contributed by atoms with van der Waals surface area (Å²) >= 11 is 0. The highest BCUT2D eigenvalue weighted by molar-refractivity contribution is 6.16. The van der Waals surface area contributed by atoms with Crippen molar-refractivity contribution in [2.24, 2.45) is 4.99 Å². The molecule has 4 aromatic rings. The predicted octanol–water partition coefficient (Wildman–Crippen LogP) is 7.81. The normalized spacial score (nSPS) is 11.4. The van der Waals surface area contributed by atoms with Crippen molar-refractivity contribution in [2.45, 2.75) is 47.0 Å². The number of pyridine rings is 1.